The highest BCUT2D eigenvalue weighted by Crippen LogP contribution is 2.18. The van der Waals surface area contributed by atoms with E-state index in [2.05, 4.69) is 0 Å². The van der Waals surface area contributed by atoms with Crippen molar-refractivity contribution in [3.05, 3.63) is 40.7 Å². The average molecular weight is 197 g/mol. The first kappa shape index (κ1) is 9.56. The number of hydrogen-bond donors (Lipinski definition) is 1. The summed E-state index contributed by atoms with van der Waals surface area (Å²) < 4.78 is 13.1. The van der Waals surface area contributed by atoms with Crippen LogP contribution in [0.25, 0.3) is 5.70 Å². The maximum Gasteiger partial charge on any atom is 0.132 e. The first-order chi connectivity index (χ1) is 6.15. The Hall–Kier alpha value is -1.53. The van der Waals surface area contributed by atoms with Gasteiger partial charge in [0.1, 0.15) is 5.82 Å². The molecule has 0 bridgehead atoms. The molecule has 0 aliphatic heterocycles. The van der Waals surface area contributed by atoms with Crippen LogP contribution in [0.1, 0.15) is 5.56 Å². The number of hydrogen-bond acceptors (Lipinski definition) is 2. The highest BCUT2D eigenvalue weighted by atomic mass is 35.5. The van der Waals surface area contributed by atoms with Gasteiger partial charge >= 0.3 is 0 Å². The largest absolute Gasteiger partial charge is 0.398 e. The van der Waals surface area contributed by atoms with Gasteiger partial charge in [-0.3, -0.25) is 0 Å². The predicted octanol–water partition coefficient (Wildman–Crippen LogP) is 2.30. The normalized spacial score (nSPS) is 11.0. The van der Waals surface area contributed by atoms with E-state index in [1.165, 1.54) is 18.2 Å². The zero-order chi connectivity index (χ0) is 9.84. The molecular weight excluding hydrogens is 191 g/mol. The van der Waals surface area contributed by atoms with E-state index in [0.29, 0.717) is 5.02 Å². The van der Waals surface area contributed by atoms with Crippen LogP contribution in [0.3, 0.4) is 0 Å². The Morgan fingerprint density at radius 2 is 2.31 bits per heavy atom. The van der Waals surface area contributed by atoms with Crippen LogP contribution < -0.4 is 5.73 Å². The number of nitriles is 1. The fourth-order valence-corrected chi connectivity index (χ4v) is 1.04. The second-order valence-corrected chi connectivity index (χ2v) is 2.79. The summed E-state index contributed by atoms with van der Waals surface area (Å²) in [6.07, 6.45) is 1.06. The molecular formula is C9H6ClFN2. The van der Waals surface area contributed by atoms with Crippen molar-refractivity contribution in [1.29, 1.82) is 5.26 Å². The molecule has 0 heterocycles. The molecule has 0 radical (unpaired) electrons. The SMILES string of the molecule is N#C/C=C(/N)c1cc(Cl)ccc1F. The lowest BCUT2D eigenvalue weighted by molar-refractivity contribution is 0.624. The van der Waals surface area contributed by atoms with E-state index in [4.69, 9.17) is 22.6 Å². The van der Waals surface area contributed by atoms with Crippen LogP contribution in [-0.2, 0) is 0 Å². The number of nitrogens with zero attached hydrogens (tertiary/aromatic N) is 1. The predicted molar refractivity (Wildman–Crippen MR) is 49.2 cm³/mol. The number of allylic oxidation sites excluding steroid dienone is 1. The molecule has 66 valence electrons. The van der Waals surface area contributed by atoms with Gasteiger partial charge in [0, 0.05) is 16.7 Å². The monoisotopic (exact) mass is 196 g/mol. The lowest BCUT2D eigenvalue weighted by atomic mass is 10.1. The maximum atomic E-state index is 13.1. The van der Waals surface area contributed by atoms with E-state index in [-0.39, 0.29) is 11.3 Å². The molecule has 2 N–H and O–H groups in total. The minimum atomic E-state index is -0.492. The van der Waals surface area contributed by atoms with E-state index in [1.807, 2.05) is 0 Å². The molecule has 0 saturated heterocycles. The van der Waals surface area contributed by atoms with Gasteiger partial charge in [0.15, 0.2) is 0 Å². The smallest absolute Gasteiger partial charge is 0.132 e. The Balaban J connectivity index is 3.22. The molecule has 0 aliphatic carbocycles. The van der Waals surface area contributed by atoms with Gasteiger partial charge < -0.3 is 5.73 Å². The van der Waals surface area contributed by atoms with E-state index in [1.54, 1.807) is 6.07 Å². The third-order valence-corrected chi connectivity index (χ3v) is 1.69. The van der Waals surface area contributed by atoms with Crippen molar-refractivity contribution in [2.75, 3.05) is 0 Å². The van der Waals surface area contributed by atoms with Gasteiger partial charge in [-0.05, 0) is 18.2 Å². The lowest BCUT2D eigenvalue weighted by Gasteiger charge is -2.01. The molecule has 4 heteroatoms. The first-order valence-corrected chi connectivity index (χ1v) is 3.83. The van der Waals surface area contributed by atoms with Crippen molar-refractivity contribution in [3.8, 4) is 6.07 Å². The molecule has 1 aromatic carbocycles. The number of benzene rings is 1. The van der Waals surface area contributed by atoms with Crippen LogP contribution in [0.4, 0.5) is 4.39 Å². The Labute approximate surface area is 80.0 Å². The van der Waals surface area contributed by atoms with Crippen LogP contribution in [0.2, 0.25) is 5.02 Å². The van der Waals surface area contributed by atoms with Gasteiger partial charge in [-0.2, -0.15) is 5.26 Å². The summed E-state index contributed by atoms with van der Waals surface area (Å²) in [4.78, 5) is 0. The molecule has 0 unspecified atom stereocenters. The highest BCUT2D eigenvalue weighted by molar-refractivity contribution is 6.30. The van der Waals surface area contributed by atoms with Crippen LogP contribution >= 0.6 is 11.6 Å². The third kappa shape index (κ3) is 2.20. The van der Waals surface area contributed by atoms with Gasteiger partial charge in [-0.15, -0.1) is 0 Å². The Morgan fingerprint density at radius 1 is 1.62 bits per heavy atom. The fraction of sp³-hybridized carbons (Fsp3) is 0. The topological polar surface area (TPSA) is 49.8 Å². The van der Waals surface area contributed by atoms with Gasteiger partial charge in [0.25, 0.3) is 0 Å². The summed E-state index contributed by atoms with van der Waals surface area (Å²) in [5.41, 5.74) is 5.63. The minimum Gasteiger partial charge on any atom is -0.398 e. The van der Waals surface area contributed by atoms with Crippen molar-refractivity contribution in [1.82, 2.24) is 0 Å². The van der Waals surface area contributed by atoms with E-state index < -0.39 is 5.82 Å². The summed E-state index contributed by atoms with van der Waals surface area (Å²) in [5, 5.41) is 8.68. The quantitative estimate of drug-likeness (QED) is 0.701. The molecule has 0 aliphatic rings. The molecule has 13 heavy (non-hydrogen) atoms. The summed E-state index contributed by atoms with van der Waals surface area (Å²) in [6.45, 7) is 0. The van der Waals surface area contributed by atoms with Gasteiger partial charge in [0.05, 0.1) is 11.8 Å². The molecule has 1 aromatic rings. The molecule has 0 spiro atoms. The fourth-order valence-electron chi connectivity index (χ4n) is 0.866. The summed E-state index contributed by atoms with van der Waals surface area (Å²) >= 11 is 5.63. The minimum absolute atomic E-state index is 0.0718. The van der Waals surface area contributed by atoms with Crippen LogP contribution in [-0.4, -0.2) is 0 Å². The first-order valence-electron chi connectivity index (χ1n) is 3.46. The van der Waals surface area contributed by atoms with E-state index in [0.717, 1.165) is 6.08 Å². The van der Waals surface area contributed by atoms with Crippen LogP contribution in [0, 0.1) is 17.1 Å². The molecule has 1 rings (SSSR count). The van der Waals surface area contributed by atoms with E-state index >= 15 is 0 Å². The molecule has 0 atom stereocenters. The number of rotatable bonds is 1. The second-order valence-electron chi connectivity index (χ2n) is 2.35. The lowest BCUT2D eigenvalue weighted by Crippen LogP contribution is -1.98. The van der Waals surface area contributed by atoms with Crippen molar-refractivity contribution in [3.63, 3.8) is 0 Å². The zero-order valence-electron chi connectivity index (χ0n) is 6.59. The van der Waals surface area contributed by atoms with Crippen molar-refractivity contribution in [2.24, 2.45) is 5.73 Å². The molecule has 0 fully saturated rings. The van der Waals surface area contributed by atoms with E-state index in [9.17, 15) is 4.39 Å². The standard InChI is InChI=1S/C9H6ClFN2/c10-6-1-2-8(11)7(5-6)9(13)3-4-12/h1-3,5H,13H2/b9-3+. The van der Waals surface area contributed by atoms with Gasteiger partial charge in [-0.1, -0.05) is 11.6 Å². The zero-order valence-corrected chi connectivity index (χ0v) is 7.35. The number of halogens is 2. The van der Waals surface area contributed by atoms with Crippen LogP contribution in [0.5, 0.6) is 0 Å². The highest BCUT2D eigenvalue weighted by Gasteiger charge is 2.04. The molecule has 0 amide bonds. The Kier molecular flexibility index (Phi) is 2.88. The summed E-state index contributed by atoms with van der Waals surface area (Å²) in [5.74, 6) is -0.492. The maximum absolute atomic E-state index is 13.1. The second kappa shape index (κ2) is 3.92. The summed E-state index contributed by atoms with van der Waals surface area (Å²) in [7, 11) is 0. The van der Waals surface area contributed by atoms with Gasteiger partial charge in [-0.25, -0.2) is 4.39 Å². The van der Waals surface area contributed by atoms with Crippen LogP contribution in [0.15, 0.2) is 24.3 Å². The van der Waals surface area contributed by atoms with Crippen molar-refractivity contribution in [2.45, 2.75) is 0 Å². The van der Waals surface area contributed by atoms with Gasteiger partial charge in [0.2, 0.25) is 0 Å². The number of nitrogens with two attached hydrogens (primary N) is 1. The third-order valence-electron chi connectivity index (χ3n) is 1.46. The molecule has 2 nitrogen and oxygen atoms in total. The van der Waals surface area contributed by atoms with Crippen molar-refractivity contribution < 1.29 is 4.39 Å². The Bertz CT molecular complexity index is 393. The molecule has 0 aromatic heterocycles. The Morgan fingerprint density at radius 3 is 2.92 bits per heavy atom. The van der Waals surface area contributed by atoms with Crippen molar-refractivity contribution >= 4 is 17.3 Å². The molecule has 0 saturated carbocycles. The average Bonchev–Trinajstić information content (AvgIpc) is 2.09. The summed E-state index contributed by atoms with van der Waals surface area (Å²) in [6, 6.07) is 5.71.